The second kappa shape index (κ2) is 4.54. The van der Waals surface area contributed by atoms with Gasteiger partial charge in [0.1, 0.15) is 0 Å². The van der Waals surface area contributed by atoms with Gasteiger partial charge in [-0.25, -0.2) is 4.79 Å². The fourth-order valence-corrected chi connectivity index (χ4v) is 1.00. The zero-order valence-corrected chi connectivity index (χ0v) is 7.12. The van der Waals surface area contributed by atoms with Crippen molar-refractivity contribution in [3.05, 3.63) is 36.0 Å². The first-order valence-electron chi connectivity index (χ1n) is 3.94. The van der Waals surface area contributed by atoms with E-state index >= 15 is 0 Å². The van der Waals surface area contributed by atoms with Gasteiger partial charge in [0.2, 0.25) is 0 Å². The number of rotatable bonds is 2. The lowest BCUT2D eigenvalue weighted by atomic mass is 10.1. The Labute approximate surface area is 72.2 Å². The van der Waals surface area contributed by atoms with Crippen molar-refractivity contribution in [2.75, 3.05) is 7.11 Å². The zero-order valence-electron chi connectivity index (χ0n) is 7.12. The van der Waals surface area contributed by atoms with Gasteiger partial charge in [-0.15, -0.1) is 0 Å². The number of esters is 1. The lowest BCUT2D eigenvalue weighted by Gasteiger charge is -2.01. The largest absolute Gasteiger partial charge is 0.466 e. The summed E-state index contributed by atoms with van der Waals surface area (Å²) in [5, 5.41) is 0. The zero-order chi connectivity index (χ0) is 8.81. The van der Waals surface area contributed by atoms with E-state index < -0.39 is 0 Å². The molecule has 0 saturated heterocycles. The minimum absolute atomic E-state index is 0.301. The maximum Gasteiger partial charge on any atom is 0.330 e. The maximum absolute atomic E-state index is 10.7. The molecule has 0 aliphatic heterocycles. The average molecular weight is 164 g/mol. The van der Waals surface area contributed by atoms with Crippen molar-refractivity contribution in [3.8, 4) is 0 Å². The number of ether oxygens (including phenoxy) is 1. The Kier molecular flexibility index (Phi) is 3.33. The summed E-state index contributed by atoms with van der Waals surface area (Å²) >= 11 is 0. The van der Waals surface area contributed by atoms with Crippen molar-refractivity contribution < 1.29 is 9.53 Å². The summed E-state index contributed by atoms with van der Waals surface area (Å²) in [5.41, 5.74) is 1.17. The lowest BCUT2D eigenvalue weighted by Crippen LogP contribution is -1.94. The molecule has 0 spiro atoms. The number of hydrogen-bond acceptors (Lipinski definition) is 2. The Morgan fingerprint density at radius 1 is 1.67 bits per heavy atom. The van der Waals surface area contributed by atoms with Gasteiger partial charge in [-0.2, -0.15) is 0 Å². The SMILES string of the molecule is COC(=O)/C=C/C1=CC=CCC1. The van der Waals surface area contributed by atoms with Crippen LogP contribution in [0.3, 0.4) is 0 Å². The van der Waals surface area contributed by atoms with E-state index in [4.69, 9.17) is 0 Å². The van der Waals surface area contributed by atoms with Gasteiger partial charge in [-0.1, -0.05) is 24.3 Å². The molecule has 0 N–H and O–H groups in total. The molecule has 0 aromatic heterocycles. The molecule has 2 heteroatoms. The molecule has 0 heterocycles. The third-order valence-corrected chi connectivity index (χ3v) is 1.68. The van der Waals surface area contributed by atoms with Gasteiger partial charge in [-0.05, 0) is 18.4 Å². The highest BCUT2D eigenvalue weighted by Crippen LogP contribution is 2.12. The molecule has 0 atom stereocenters. The van der Waals surface area contributed by atoms with Crippen molar-refractivity contribution in [3.63, 3.8) is 0 Å². The molecule has 0 unspecified atom stereocenters. The number of methoxy groups -OCH3 is 1. The van der Waals surface area contributed by atoms with Gasteiger partial charge in [0, 0.05) is 6.08 Å². The molecule has 0 bridgehead atoms. The van der Waals surface area contributed by atoms with Crippen LogP contribution < -0.4 is 0 Å². The highest BCUT2D eigenvalue weighted by atomic mass is 16.5. The molecule has 1 aliphatic carbocycles. The highest BCUT2D eigenvalue weighted by molar-refractivity contribution is 5.82. The van der Waals surface area contributed by atoms with E-state index in [1.54, 1.807) is 6.08 Å². The van der Waals surface area contributed by atoms with Crippen LogP contribution in [-0.2, 0) is 9.53 Å². The smallest absolute Gasteiger partial charge is 0.330 e. The predicted octanol–water partition coefficient (Wildman–Crippen LogP) is 1.99. The van der Waals surface area contributed by atoms with Crippen molar-refractivity contribution in [1.29, 1.82) is 0 Å². The molecule has 0 aromatic rings. The van der Waals surface area contributed by atoms with Crippen molar-refractivity contribution in [1.82, 2.24) is 0 Å². The quantitative estimate of drug-likeness (QED) is 0.461. The Balaban J connectivity index is 2.49. The molecular formula is C10H12O2. The molecule has 2 nitrogen and oxygen atoms in total. The molecule has 0 saturated carbocycles. The first kappa shape index (κ1) is 8.78. The van der Waals surface area contributed by atoms with Crippen molar-refractivity contribution in [2.24, 2.45) is 0 Å². The fourth-order valence-electron chi connectivity index (χ4n) is 1.00. The summed E-state index contributed by atoms with van der Waals surface area (Å²) in [6.45, 7) is 0. The van der Waals surface area contributed by atoms with Crippen LogP contribution in [0.25, 0.3) is 0 Å². The minimum Gasteiger partial charge on any atom is -0.466 e. The van der Waals surface area contributed by atoms with Gasteiger partial charge in [0.15, 0.2) is 0 Å². The maximum atomic E-state index is 10.7. The monoisotopic (exact) mass is 164 g/mol. The molecule has 64 valence electrons. The predicted molar refractivity (Wildman–Crippen MR) is 47.6 cm³/mol. The standard InChI is InChI=1S/C10H12O2/c1-12-10(11)8-7-9-5-3-2-4-6-9/h2-3,5,7-8H,4,6H2,1H3/b8-7+. The van der Waals surface area contributed by atoms with Gasteiger partial charge in [-0.3, -0.25) is 0 Å². The Bertz CT molecular complexity index is 247. The summed E-state index contributed by atoms with van der Waals surface area (Å²) in [6.07, 6.45) is 11.4. The number of carbonyl (C=O) groups excluding carboxylic acids is 1. The third kappa shape index (κ3) is 2.74. The van der Waals surface area contributed by atoms with E-state index in [-0.39, 0.29) is 5.97 Å². The van der Waals surface area contributed by atoms with Crippen molar-refractivity contribution >= 4 is 5.97 Å². The topological polar surface area (TPSA) is 26.3 Å². The van der Waals surface area contributed by atoms with E-state index in [1.807, 2.05) is 12.2 Å². The summed E-state index contributed by atoms with van der Waals surface area (Å²) in [6, 6.07) is 0. The minimum atomic E-state index is -0.301. The molecule has 1 aliphatic rings. The van der Waals surface area contributed by atoms with Gasteiger partial charge in [0.05, 0.1) is 7.11 Å². The summed E-state index contributed by atoms with van der Waals surface area (Å²) in [5.74, 6) is -0.301. The second-order valence-corrected chi connectivity index (χ2v) is 2.56. The van der Waals surface area contributed by atoms with E-state index in [1.165, 1.54) is 18.8 Å². The van der Waals surface area contributed by atoms with Gasteiger partial charge < -0.3 is 4.74 Å². The van der Waals surface area contributed by atoms with E-state index in [2.05, 4.69) is 10.8 Å². The number of allylic oxidation sites excluding steroid dienone is 5. The fraction of sp³-hybridized carbons (Fsp3) is 0.300. The summed E-state index contributed by atoms with van der Waals surface area (Å²) < 4.78 is 4.47. The highest BCUT2D eigenvalue weighted by Gasteiger charge is 1.96. The van der Waals surface area contributed by atoms with Crippen molar-refractivity contribution in [2.45, 2.75) is 12.8 Å². The average Bonchev–Trinajstić information content (AvgIpc) is 2.16. The molecule has 0 fully saturated rings. The van der Waals surface area contributed by atoms with E-state index in [9.17, 15) is 4.79 Å². The van der Waals surface area contributed by atoms with E-state index in [0.29, 0.717) is 0 Å². The number of carbonyl (C=O) groups is 1. The molecule has 0 aromatic carbocycles. The Hall–Kier alpha value is -1.31. The molecular weight excluding hydrogens is 152 g/mol. The molecule has 1 rings (SSSR count). The molecule has 0 amide bonds. The first-order valence-corrected chi connectivity index (χ1v) is 3.94. The van der Waals surface area contributed by atoms with Gasteiger partial charge in [0.25, 0.3) is 0 Å². The van der Waals surface area contributed by atoms with Crippen LogP contribution in [0.1, 0.15) is 12.8 Å². The third-order valence-electron chi connectivity index (χ3n) is 1.68. The van der Waals surface area contributed by atoms with Crippen LogP contribution in [0, 0.1) is 0 Å². The van der Waals surface area contributed by atoms with Crippen LogP contribution >= 0.6 is 0 Å². The number of hydrogen-bond donors (Lipinski definition) is 0. The van der Waals surface area contributed by atoms with Crippen LogP contribution in [0.4, 0.5) is 0 Å². The lowest BCUT2D eigenvalue weighted by molar-refractivity contribution is -0.134. The van der Waals surface area contributed by atoms with E-state index in [0.717, 1.165) is 12.8 Å². The Morgan fingerprint density at radius 2 is 2.50 bits per heavy atom. The molecule has 0 radical (unpaired) electrons. The second-order valence-electron chi connectivity index (χ2n) is 2.56. The first-order chi connectivity index (χ1) is 5.83. The molecule has 12 heavy (non-hydrogen) atoms. The van der Waals surface area contributed by atoms with Gasteiger partial charge >= 0.3 is 5.97 Å². The Morgan fingerprint density at radius 3 is 3.08 bits per heavy atom. The summed E-state index contributed by atoms with van der Waals surface area (Å²) in [7, 11) is 1.38. The van der Waals surface area contributed by atoms with Crippen LogP contribution in [0.2, 0.25) is 0 Å². The van der Waals surface area contributed by atoms with Crippen LogP contribution in [0.5, 0.6) is 0 Å². The normalized spacial score (nSPS) is 16.2. The van der Waals surface area contributed by atoms with Crippen LogP contribution in [0.15, 0.2) is 36.0 Å². The summed E-state index contributed by atoms with van der Waals surface area (Å²) in [4.78, 5) is 10.7. The van der Waals surface area contributed by atoms with Crippen LogP contribution in [-0.4, -0.2) is 13.1 Å².